The second kappa shape index (κ2) is 16.8. The monoisotopic (exact) mass is 518 g/mol. The summed E-state index contributed by atoms with van der Waals surface area (Å²) in [6, 6.07) is 10.7. The Hall–Kier alpha value is -0.900. The van der Waals surface area contributed by atoms with Crippen molar-refractivity contribution >= 4 is 29.9 Å². The SMILES string of the molecule is CCOCCCNC(=NC)NCCCOC1CCN(Cc2ccccc2)CC1.I. The van der Waals surface area contributed by atoms with Crippen molar-refractivity contribution in [2.24, 2.45) is 4.99 Å². The van der Waals surface area contributed by atoms with Gasteiger partial charge in [0.05, 0.1) is 6.10 Å². The van der Waals surface area contributed by atoms with Gasteiger partial charge in [-0.3, -0.25) is 9.89 Å². The highest BCUT2D eigenvalue weighted by Gasteiger charge is 2.19. The fraction of sp³-hybridized carbons (Fsp3) is 0.682. The van der Waals surface area contributed by atoms with Crippen LogP contribution in [0, 0.1) is 0 Å². The highest BCUT2D eigenvalue weighted by molar-refractivity contribution is 14.0. The maximum atomic E-state index is 6.08. The molecular weight excluding hydrogens is 479 g/mol. The molecule has 1 saturated heterocycles. The molecule has 1 heterocycles. The molecule has 1 aliphatic rings. The number of aliphatic imine (C=N–C) groups is 1. The molecule has 0 atom stereocenters. The van der Waals surface area contributed by atoms with Crippen molar-refractivity contribution in [2.45, 2.75) is 45.3 Å². The van der Waals surface area contributed by atoms with Crippen molar-refractivity contribution in [3.63, 3.8) is 0 Å². The zero-order valence-electron chi connectivity index (χ0n) is 18.1. The van der Waals surface area contributed by atoms with Crippen molar-refractivity contribution in [2.75, 3.05) is 53.0 Å². The highest BCUT2D eigenvalue weighted by Crippen LogP contribution is 2.16. The van der Waals surface area contributed by atoms with Crippen LogP contribution < -0.4 is 10.6 Å². The number of benzene rings is 1. The molecule has 0 radical (unpaired) electrons. The maximum absolute atomic E-state index is 6.08. The summed E-state index contributed by atoms with van der Waals surface area (Å²) in [5.74, 6) is 0.853. The summed E-state index contributed by atoms with van der Waals surface area (Å²) in [5, 5.41) is 6.65. The lowest BCUT2D eigenvalue weighted by Gasteiger charge is -2.32. The molecule has 1 aromatic carbocycles. The molecule has 0 spiro atoms. The summed E-state index contributed by atoms with van der Waals surface area (Å²) < 4.78 is 11.4. The van der Waals surface area contributed by atoms with E-state index in [1.165, 1.54) is 5.56 Å². The van der Waals surface area contributed by atoms with Crippen LogP contribution in [0.3, 0.4) is 0 Å². The van der Waals surface area contributed by atoms with E-state index in [9.17, 15) is 0 Å². The van der Waals surface area contributed by atoms with Gasteiger partial charge < -0.3 is 20.1 Å². The lowest BCUT2D eigenvalue weighted by atomic mass is 10.1. The number of guanidine groups is 1. The fourth-order valence-electron chi connectivity index (χ4n) is 3.35. The summed E-state index contributed by atoms with van der Waals surface area (Å²) >= 11 is 0. The Morgan fingerprint density at radius 1 is 1.07 bits per heavy atom. The van der Waals surface area contributed by atoms with Crippen LogP contribution in [-0.4, -0.2) is 70.0 Å². The van der Waals surface area contributed by atoms with Crippen molar-refractivity contribution in [3.05, 3.63) is 35.9 Å². The Balaban J connectivity index is 0.00000420. The second-order valence-electron chi connectivity index (χ2n) is 7.16. The molecule has 0 amide bonds. The molecule has 0 aromatic heterocycles. The minimum atomic E-state index is 0. The number of nitrogens with one attached hydrogen (secondary N) is 2. The molecule has 0 aliphatic carbocycles. The molecule has 1 aliphatic heterocycles. The van der Waals surface area contributed by atoms with Gasteiger partial charge >= 0.3 is 0 Å². The van der Waals surface area contributed by atoms with E-state index in [0.717, 1.165) is 84.2 Å². The van der Waals surface area contributed by atoms with Gasteiger partial charge in [0.2, 0.25) is 0 Å². The van der Waals surface area contributed by atoms with E-state index in [1.807, 2.05) is 6.92 Å². The number of halogens is 1. The summed E-state index contributed by atoms with van der Waals surface area (Å²) in [4.78, 5) is 6.77. The third-order valence-corrected chi connectivity index (χ3v) is 4.94. The number of likely N-dealkylation sites (tertiary alicyclic amines) is 1. The topological polar surface area (TPSA) is 58.1 Å². The number of nitrogens with zero attached hydrogens (tertiary/aromatic N) is 2. The predicted octanol–water partition coefficient (Wildman–Crippen LogP) is 3.27. The van der Waals surface area contributed by atoms with Crippen LogP contribution in [-0.2, 0) is 16.0 Å². The van der Waals surface area contributed by atoms with Gasteiger partial charge in [-0.1, -0.05) is 30.3 Å². The average Bonchev–Trinajstić information content (AvgIpc) is 2.74. The first kappa shape index (κ1) is 26.1. The van der Waals surface area contributed by atoms with E-state index in [1.54, 1.807) is 7.05 Å². The average molecular weight is 518 g/mol. The molecule has 29 heavy (non-hydrogen) atoms. The Kier molecular flexibility index (Phi) is 15.2. The first-order valence-corrected chi connectivity index (χ1v) is 10.7. The van der Waals surface area contributed by atoms with Crippen LogP contribution >= 0.6 is 24.0 Å². The van der Waals surface area contributed by atoms with Gasteiger partial charge in [-0.25, -0.2) is 0 Å². The lowest BCUT2D eigenvalue weighted by molar-refractivity contribution is 0.00534. The van der Waals surface area contributed by atoms with Gasteiger partial charge in [0.15, 0.2) is 5.96 Å². The van der Waals surface area contributed by atoms with Crippen molar-refractivity contribution < 1.29 is 9.47 Å². The van der Waals surface area contributed by atoms with Crippen molar-refractivity contribution in [1.29, 1.82) is 0 Å². The Morgan fingerprint density at radius 2 is 1.72 bits per heavy atom. The molecular formula is C22H39IN4O2. The molecule has 0 saturated carbocycles. The zero-order chi connectivity index (χ0) is 19.9. The standard InChI is InChI=1S/C22H38N4O2.HI/c1-3-27-17-7-13-24-22(23-2)25-14-8-18-28-21-11-15-26(16-12-21)19-20-9-5-4-6-10-20;/h4-6,9-10,21H,3,7-8,11-19H2,1-2H3,(H2,23,24,25);1H. The third kappa shape index (κ3) is 11.8. The molecule has 7 heteroatoms. The lowest BCUT2D eigenvalue weighted by Crippen LogP contribution is -2.39. The first-order valence-electron chi connectivity index (χ1n) is 10.7. The van der Waals surface area contributed by atoms with Crippen LogP contribution in [0.5, 0.6) is 0 Å². The number of hydrogen-bond donors (Lipinski definition) is 2. The molecule has 0 unspecified atom stereocenters. The molecule has 2 rings (SSSR count). The minimum absolute atomic E-state index is 0. The van der Waals surface area contributed by atoms with E-state index < -0.39 is 0 Å². The highest BCUT2D eigenvalue weighted by atomic mass is 127. The van der Waals surface area contributed by atoms with E-state index in [-0.39, 0.29) is 24.0 Å². The van der Waals surface area contributed by atoms with Crippen LogP contribution in [0.15, 0.2) is 35.3 Å². The fourth-order valence-corrected chi connectivity index (χ4v) is 3.35. The van der Waals surface area contributed by atoms with E-state index in [2.05, 4.69) is 50.9 Å². The zero-order valence-corrected chi connectivity index (χ0v) is 20.4. The van der Waals surface area contributed by atoms with Crippen LogP contribution in [0.2, 0.25) is 0 Å². The molecule has 6 nitrogen and oxygen atoms in total. The number of hydrogen-bond acceptors (Lipinski definition) is 4. The minimum Gasteiger partial charge on any atom is -0.382 e. The van der Waals surface area contributed by atoms with Crippen molar-refractivity contribution in [1.82, 2.24) is 15.5 Å². The van der Waals surface area contributed by atoms with Gasteiger partial charge in [-0.05, 0) is 38.2 Å². The van der Waals surface area contributed by atoms with E-state index in [0.29, 0.717) is 6.10 Å². The molecule has 1 aromatic rings. The van der Waals surface area contributed by atoms with E-state index in [4.69, 9.17) is 9.47 Å². The van der Waals surface area contributed by atoms with Gasteiger partial charge in [-0.15, -0.1) is 24.0 Å². The Labute approximate surface area is 193 Å². The quantitative estimate of drug-likeness (QED) is 0.193. The summed E-state index contributed by atoms with van der Waals surface area (Å²) in [7, 11) is 1.80. The second-order valence-corrected chi connectivity index (χ2v) is 7.16. The van der Waals surface area contributed by atoms with Crippen LogP contribution in [0.4, 0.5) is 0 Å². The van der Waals surface area contributed by atoms with Gasteiger partial charge in [-0.2, -0.15) is 0 Å². The summed E-state index contributed by atoms with van der Waals surface area (Å²) in [6.45, 7) is 9.43. The maximum Gasteiger partial charge on any atom is 0.190 e. The Bertz CT molecular complexity index is 537. The molecule has 2 N–H and O–H groups in total. The van der Waals surface area contributed by atoms with Crippen molar-refractivity contribution in [3.8, 4) is 0 Å². The third-order valence-electron chi connectivity index (χ3n) is 4.94. The normalized spacial score (nSPS) is 15.7. The summed E-state index contributed by atoms with van der Waals surface area (Å²) in [5.41, 5.74) is 1.40. The number of piperidine rings is 1. The smallest absolute Gasteiger partial charge is 0.190 e. The Morgan fingerprint density at radius 3 is 2.34 bits per heavy atom. The predicted molar refractivity (Wildman–Crippen MR) is 131 cm³/mol. The first-order chi connectivity index (χ1) is 13.8. The van der Waals surface area contributed by atoms with Gasteiger partial charge in [0, 0.05) is 59.6 Å². The number of rotatable bonds is 12. The van der Waals surface area contributed by atoms with Crippen LogP contribution in [0.1, 0.15) is 38.2 Å². The number of ether oxygens (including phenoxy) is 2. The van der Waals surface area contributed by atoms with Gasteiger partial charge in [0.1, 0.15) is 0 Å². The molecule has 0 bridgehead atoms. The largest absolute Gasteiger partial charge is 0.382 e. The van der Waals surface area contributed by atoms with E-state index >= 15 is 0 Å². The van der Waals surface area contributed by atoms with Gasteiger partial charge in [0.25, 0.3) is 0 Å². The molecule has 166 valence electrons. The summed E-state index contributed by atoms with van der Waals surface area (Å²) in [6.07, 6.45) is 4.64. The molecule has 1 fully saturated rings. The van der Waals surface area contributed by atoms with Crippen LogP contribution in [0.25, 0.3) is 0 Å².